The van der Waals surface area contributed by atoms with Gasteiger partial charge in [0.15, 0.2) is 5.82 Å². The van der Waals surface area contributed by atoms with Crippen molar-refractivity contribution < 1.29 is 9.53 Å². The molecule has 4 nitrogen and oxygen atoms in total. The molecule has 0 atom stereocenters. The molecule has 2 aromatic carbocycles. The summed E-state index contributed by atoms with van der Waals surface area (Å²) in [6.45, 7) is 6.04. The third-order valence-electron chi connectivity index (χ3n) is 3.82. The number of amides is 1. The first kappa shape index (κ1) is 20.1. The lowest BCUT2D eigenvalue weighted by Crippen LogP contribution is -2.38. The highest BCUT2D eigenvalue weighted by molar-refractivity contribution is 9.10. The fourth-order valence-corrected chi connectivity index (χ4v) is 4.04. The lowest BCUT2D eigenvalue weighted by Gasteiger charge is -2.26. The second-order valence-corrected chi connectivity index (χ2v) is 9.31. The van der Waals surface area contributed by atoms with Crippen molar-refractivity contribution in [3.63, 3.8) is 0 Å². The Morgan fingerprint density at radius 3 is 2.59 bits per heavy atom. The predicted octanol–water partition coefficient (Wildman–Crippen LogP) is 6.70. The van der Waals surface area contributed by atoms with E-state index in [4.69, 9.17) is 16.3 Å². The highest BCUT2D eigenvalue weighted by atomic mass is 79.9. The van der Waals surface area contributed by atoms with E-state index in [1.165, 1.54) is 11.5 Å². The third-order valence-corrected chi connectivity index (χ3v) is 5.37. The number of hydrogen-bond acceptors (Lipinski definition) is 4. The summed E-state index contributed by atoms with van der Waals surface area (Å²) in [5.74, 6) is 0.630. The molecule has 1 aromatic heterocycles. The molecule has 3 aromatic rings. The topological polar surface area (TPSA) is 42.4 Å². The van der Waals surface area contributed by atoms with Gasteiger partial charge < -0.3 is 4.74 Å². The molecule has 0 aliphatic heterocycles. The molecular weight excluding hydrogens is 448 g/mol. The summed E-state index contributed by atoms with van der Waals surface area (Å²) in [5, 5.41) is 1.63. The minimum atomic E-state index is -0.579. The van der Waals surface area contributed by atoms with Crippen LogP contribution in [0.3, 0.4) is 0 Å². The summed E-state index contributed by atoms with van der Waals surface area (Å²) in [5.41, 5.74) is 0.514. The van der Waals surface area contributed by atoms with Gasteiger partial charge in [0.25, 0.3) is 0 Å². The summed E-state index contributed by atoms with van der Waals surface area (Å²) >= 11 is 10.8. The van der Waals surface area contributed by atoms with Gasteiger partial charge in [-0.15, -0.1) is 0 Å². The van der Waals surface area contributed by atoms with Crippen LogP contribution < -0.4 is 4.90 Å². The SMILES string of the molecule is CC(C)(C)OC(=O)N(CCc1ccc(Cl)cc1)c1nsc2cc(Br)ccc12. The van der Waals surface area contributed by atoms with Gasteiger partial charge >= 0.3 is 6.09 Å². The van der Waals surface area contributed by atoms with Crippen molar-refractivity contribution in [1.29, 1.82) is 0 Å². The molecule has 1 heterocycles. The zero-order chi connectivity index (χ0) is 19.6. The smallest absolute Gasteiger partial charge is 0.416 e. The van der Waals surface area contributed by atoms with Crippen LogP contribution in [-0.2, 0) is 11.2 Å². The number of nitrogens with zero attached hydrogens (tertiary/aromatic N) is 2. The van der Waals surface area contributed by atoms with Crippen molar-refractivity contribution >= 4 is 61.1 Å². The Morgan fingerprint density at radius 2 is 1.93 bits per heavy atom. The predicted molar refractivity (Wildman–Crippen MR) is 116 cm³/mol. The van der Waals surface area contributed by atoms with E-state index in [1.807, 2.05) is 63.2 Å². The zero-order valence-corrected chi connectivity index (χ0v) is 18.5. The lowest BCUT2D eigenvalue weighted by molar-refractivity contribution is 0.0580. The Kier molecular flexibility index (Phi) is 6.08. The van der Waals surface area contributed by atoms with E-state index < -0.39 is 11.7 Å². The van der Waals surface area contributed by atoms with Crippen LogP contribution in [0.5, 0.6) is 0 Å². The minimum absolute atomic E-state index is 0.397. The second kappa shape index (κ2) is 8.17. The molecule has 0 bridgehead atoms. The van der Waals surface area contributed by atoms with Gasteiger partial charge in [-0.05, 0) is 74.6 Å². The number of carbonyl (C=O) groups excluding carboxylic acids is 1. The number of halogens is 2. The summed E-state index contributed by atoms with van der Waals surface area (Å²) < 4.78 is 12.2. The number of benzene rings is 2. The summed E-state index contributed by atoms with van der Waals surface area (Å²) in [4.78, 5) is 14.5. The van der Waals surface area contributed by atoms with E-state index in [2.05, 4.69) is 20.3 Å². The molecular formula is C20H20BrClN2O2S. The maximum atomic E-state index is 12.9. The molecule has 3 rings (SSSR count). The molecule has 0 radical (unpaired) electrons. The van der Waals surface area contributed by atoms with E-state index in [-0.39, 0.29) is 0 Å². The maximum absolute atomic E-state index is 12.9. The third kappa shape index (κ3) is 5.21. The fourth-order valence-electron chi connectivity index (χ4n) is 2.59. The minimum Gasteiger partial charge on any atom is -0.443 e. The van der Waals surface area contributed by atoms with Crippen molar-refractivity contribution in [2.75, 3.05) is 11.4 Å². The van der Waals surface area contributed by atoms with Gasteiger partial charge in [-0.3, -0.25) is 4.90 Å². The van der Waals surface area contributed by atoms with Crippen molar-refractivity contribution in [1.82, 2.24) is 4.37 Å². The highest BCUT2D eigenvalue weighted by Crippen LogP contribution is 2.32. The number of carbonyl (C=O) groups is 1. The van der Waals surface area contributed by atoms with Gasteiger partial charge in [-0.1, -0.05) is 39.7 Å². The molecule has 0 N–H and O–H groups in total. The zero-order valence-electron chi connectivity index (χ0n) is 15.3. The molecule has 0 aliphatic carbocycles. The Labute approximate surface area is 176 Å². The van der Waals surface area contributed by atoms with E-state index in [0.717, 1.165) is 20.1 Å². The molecule has 0 spiro atoms. The monoisotopic (exact) mass is 466 g/mol. The number of anilines is 1. The fraction of sp³-hybridized carbons (Fsp3) is 0.300. The summed E-state index contributed by atoms with van der Waals surface area (Å²) in [6.07, 6.45) is 0.276. The number of fused-ring (bicyclic) bond motifs is 1. The Hall–Kier alpha value is -1.63. The van der Waals surface area contributed by atoms with E-state index >= 15 is 0 Å². The van der Waals surface area contributed by atoms with Crippen LogP contribution >= 0.6 is 39.1 Å². The van der Waals surface area contributed by atoms with Crippen LogP contribution in [0.25, 0.3) is 10.1 Å². The van der Waals surface area contributed by atoms with Gasteiger partial charge in [0.05, 0.1) is 4.70 Å². The van der Waals surface area contributed by atoms with Crippen LogP contribution in [0, 0.1) is 0 Å². The van der Waals surface area contributed by atoms with Crippen LogP contribution in [0.2, 0.25) is 5.02 Å². The van der Waals surface area contributed by atoms with Gasteiger partial charge in [0.1, 0.15) is 5.60 Å². The Morgan fingerprint density at radius 1 is 1.22 bits per heavy atom. The number of rotatable bonds is 4. The van der Waals surface area contributed by atoms with Crippen molar-refractivity contribution in [2.24, 2.45) is 0 Å². The van der Waals surface area contributed by atoms with Gasteiger partial charge in [0, 0.05) is 21.4 Å². The number of aromatic nitrogens is 1. The average Bonchev–Trinajstić information content (AvgIpc) is 2.98. The van der Waals surface area contributed by atoms with Crippen LogP contribution in [0.4, 0.5) is 10.6 Å². The molecule has 0 aliphatic rings. The highest BCUT2D eigenvalue weighted by Gasteiger charge is 2.26. The Balaban J connectivity index is 1.90. The van der Waals surface area contributed by atoms with Crippen LogP contribution in [0.15, 0.2) is 46.9 Å². The quantitative estimate of drug-likeness (QED) is 0.429. The van der Waals surface area contributed by atoms with Crippen molar-refractivity contribution in [3.8, 4) is 0 Å². The molecule has 0 saturated heterocycles. The number of ether oxygens (including phenoxy) is 1. The normalized spacial score (nSPS) is 11.6. The average molecular weight is 468 g/mol. The van der Waals surface area contributed by atoms with E-state index in [1.54, 1.807) is 4.90 Å². The van der Waals surface area contributed by atoms with E-state index in [0.29, 0.717) is 23.8 Å². The van der Waals surface area contributed by atoms with Crippen LogP contribution in [-0.4, -0.2) is 22.6 Å². The molecule has 1 amide bonds. The van der Waals surface area contributed by atoms with Crippen molar-refractivity contribution in [3.05, 3.63) is 57.5 Å². The molecule has 142 valence electrons. The summed E-state index contributed by atoms with van der Waals surface area (Å²) in [6, 6.07) is 13.6. The van der Waals surface area contributed by atoms with Gasteiger partial charge in [-0.25, -0.2) is 4.79 Å². The molecule has 27 heavy (non-hydrogen) atoms. The molecule has 0 unspecified atom stereocenters. The van der Waals surface area contributed by atoms with E-state index in [9.17, 15) is 4.79 Å². The first-order valence-corrected chi connectivity index (χ1v) is 10.5. The first-order valence-electron chi connectivity index (χ1n) is 8.53. The Bertz CT molecular complexity index is 951. The van der Waals surface area contributed by atoms with Gasteiger partial charge in [-0.2, -0.15) is 4.37 Å². The van der Waals surface area contributed by atoms with Crippen LogP contribution in [0.1, 0.15) is 26.3 Å². The molecule has 0 fully saturated rings. The second-order valence-electron chi connectivity index (χ2n) is 7.16. The largest absolute Gasteiger partial charge is 0.443 e. The lowest BCUT2D eigenvalue weighted by atomic mass is 10.1. The van der Waals surface area contributed by atoms with Gasteiger partial charge in [0.2, 0.25) is 0 Å². The summed E-state index contributed by atoms with van der Waals surface area (Å²) in [7, 11) is 0. The maximum Gasteiger partial charge on any atom is 0.416 e. The molecule has 7 heteroatoms. The molecule has 0 saturated carbocycles. The van der Waals surface area contributed by atoms with Crippen molar-refractivity contribution in [2.45, 2.75) is 32.8 Å². The standard InChI is InChI=1S/C20H20BrClN2O2S/c1-20(2,3)26-19(25)24(11-10-13-4-7-15(22)8-5-13)18-16-9-6-14(21)12-17(16)27-23-18/h4-9,12H,10-11H2,1-3H3. The first-order chi connectivity index (χ1) is 12.7. The number of hydrogen-bond donors (Lipinski definition) is 0.